The second kappa shape index (κ2) is 5.22. The fourth-order valence-corrected chi connectivity index (χ4v) is 2.04. The Kier molecular flexibility index (Phi) is 3.66. The molecule has 0 aliphatic rings. The van der Waals surface area contributed by atoms with Crippen LogP contribution in [0.15, 0.2) is 24.3 Å². The van der Waals surface area contributed by atoms with Gasteiger partial charge >= 0.3 is 0 Å². The molecule has 5 nitrogen and oxygen atoms in total. The van der Waals surface area contributed by atoms with Gasteiger partial charge in [0.05, 0.1) is 7.11 Å². The molecule has 0 atom stereocenters. The molecule has 1 N–H and O–H groups in total. The second-order valence-electron chi connectivity index (χ2n) is 3.83. The van der Waals surface area contributed by atoms with Crippen LogP contribution in [0.1, 0.15) is 6.92 Å². The summed E-state index contributed by atoms with van der Waals surface area (Å²) < 4.78 is 7.79. The van der Waals surface area contributed by atoms with Crippen LogP contribution in [0.4, 0.5) is 11.6 Å². The molecule has 2 aromatic rings. The van der Waals surface area contributed by atoms with Gasteiger partial charge in [-0.3, -0.25) is 4.57 Å². The highest BCUT2D eigenvalue weighted by Crippen LogP contribution is 2.25. The number of benzene rings is 1. The first kappa shape index (κ1) is 12.6. The molecule has 0 saturated carbocycles. The number of ether oxygens (including phenoxy) is 1. The van der Waals surface area contributed by atoms with Crippen LogP contribution in [0, 0.1) is 4.77 Å². The van der Waals surface area contributed by atoms with Gasteiger partial charge in [0.15, 0.2) is 4.77 Å². The van der Waals surface area contributed by atoms with Crippen molar-refractivity contribution in [1.29, 1.82) is 0 Å². The first-order chi connectivity index (χ1) is 8.67. The van der Waals surface area contributed by atoms with E-state index in [1.54, 1.807) is 7.11 Å². The molecule has 0 aliphatic carbocycles. The van der Waals surface area contributed by atoms with Crippen molar-refractivity contribution < 1.29 is 4.74 Å². The van der Waals surface area contributed by atoms with Gasteiger partial charge in [-0.2, -0.15) is 0 Å². The van der Waals surface area contributed by atoms with E-state index in [1.807, 2.05) is 47.7 Å². The standard InChI is InChI=1S/C12H16N4OS/c1-4-16-11(13-14-12(16)18)15(2)9-6-5-7-10(8-9)17-3/h5-8H,4H2,1-3H3,(H,14,18). The van der Waals surface area contributed by atoms with Gasteiger partial charge in [0.25, 0.3) is 0 Å². The monoisotopic (exact) mass is 264 g/mol. The zero-order valence-corrected chi connectivity index (χ0v) is 11.5. The first-order valence-electron chi connectivity index (χ1n) is 5.70. The molecule has 0 amide bonds. The van der Waals surface area contributed by atoms with E-state index in [0.717, 1.165) is 23.9 Å². The second-order valence-corrected chi connectivity index (χ2v) is 4.22. The van der Waals surface area contributed by atoms with Crippen LogP contribution in [0.25, 0.3) is 0 Å². The zero-order valence-electron chi connectivity index (χ0n) is 10.7. The lowest BCUT2D eigenvalue weighted by molar-refractivity contribution is 0.415. The van der Waals surface area contributed by atoms with Gasteiger partial charge in [0, 0.05) is 25.3 Å². The van der Waals surface area contributed by atoms with Gasteiger partial charge < -0.3 is 9.64 Å². The molecule has 0 saturated heterocycles. The minimum Gasteiger partial charge on any atom is -0.497 e. The van der Waals surface area contributed by atoms with Crippen molar-refractivity contribution in [3.63, 3.8) is 0 Å². The molecule has 1 aromatic heterocycles. The average molecular weight is 264 g/mol. The SMILES string of the molecule is CCn1c(N(C)c2cccc(OC)c2)n[nH]c1=S. The predicted molar refractivity (Wildman–Crippen MR) is 74.1 cm³/mol. The third-order valence-corrected chi connectivity index (χ3v) is 3.11. The molecule has 0 spiro atoms. The molecule has 0 radical (unpaired) electrons. The summed E-state index contributed by atoms with van der Waals surface area (Å²) >= 11 is 5.18. The van der Waals surface area contributed by atoms with E-state index in [4.69, 9.17) is 17.0 Å². The molecule has 0 aliphatic heterocycles. The van der Waals surface area contributed by atoms with Crippen LogP contribution in [-0.2, 0) is 6.54 Å². The Hall–Kier alpha value is -1.82. The highest BCUT2D eigenvalue weighted by Gasteiger charge is 2.12. The molecule has 96 valence electrons. The van der Waals surface area contributed by atoms with Crippen LogP contribution in [0.3, 0.4) is 0 Å². The number of H-pyrrole nitrogens is 1. The maximum Gasteiger partial charge on any atom is 0.229 e. The quantitative estimate of drug-likeness (QED) is 0.863. The van der Waals surface area contributed by atoms with E-state index in [-0.39, 0.29) is 0 Å². The summed E-state index contributed by atoms with van der Waals surface area (Å²) in [7, 11) is 3.60. The van der Waals surface area contributed by atoms with Crippen LogP contribution < -0.4 is 9.64 Å². The third kappa shape index (κ3) is 2.24. The fourth-order valence-electron chi connectivity index (χ4n) is 1.79. The number of nitrogens with zero attached hydrogens (tertiary/aromatic N) is 3. The molecule has 0 fully saturated rings. The number of aromatic amines is 1. The van der Waals surface area contributed by atoms with Crippen LogP contribution in [0.2, 0.25) is 0 Å². The van der Waals surface area contributed by atoms with E-state index in [1.165, 1.54) is 0 Å². The lowest BCUT2D eigenvalue weighted by Gasteiger charge is -2.18. The summed E-state index contributed by atoms with van der Waals surface area (Å²) in [5.41, 5.74) is 0.998. The number of hydrogen-bond donors (Lipinski definition) is 1. The molecule has 0 bridgehead atoms. The summed E-state index contributed by atoms with van der Waals surface area (Å²) in [4.78, 5) is 1.97. The molecule has 2 rings (SSSR count). The van der Waals surface area contributed by atoms with Crippen molar-refractivity contribution >= 4 is 23.9 Å². The number of anilines is 2. The van der Waals surface area contributed by atoms with Crippen LogP contribution in [0.5, 0.6) is 5.75 Å². The maximum atomic E-state index is 5.22. The molecular formula is C12H16N4OS. The third-order valence-electron chi connectivity index (χ3n) is 2.79. The van der Waals surface area contributed by atoms with Crippen LogP contribution >= 0.6 is 12.2 Å². The Morgan fingerprint density at radius 3 is 2.94 bits per heavy atom. The van der Waals surface area contributed by atoms with Crippen molar-refractivity contribution in [2.45, 2.75) is 13.5 Å². The van der Waals surface area contributed by atoms with Gasteiger partial charge in [-0.15, -0.1) is 5.10 Å². The molecule has 0 unspecified atom stereocenters. The zero-order chi connectivity index (χ0) is 13.1. The maximum absolute atomic E-state index is 5.22. The van der Waals surface area contributed by atoms with Crippen molar-refractivity contribution in [2.75, 3.05) is 19.1 Å². The van der Waals surface area contributed by atoms with Crippen molar-refractivity contribution in [3.8, 4) is 5.75 Å². The van der Waals surface area contributed by atoms with E-state index in [2.05, 4.69) is 10.2 Å². The predicted octanol–water partition coefficient (Wildman–Crippen LogP) is 2.74. The van der Waals surface area contributed by atoms with E-state index in [9.17, 15) is 0 Å². The Labute approximate surface area is 111 Å². The first-order valence-corrected chi connectivity index (χ1v) is 6.11. The summed E-state index contributed by atoms with van der Waals surface area (Å²) in [6.45, 7) is 2.81. The Morgan fingerprint density at radius 2 is 2.28 bits per heavy atom. The van der Waals surface area contributed by atoms with Gasteiger partial charge in [0.1, 0.15) is 5.75 Å². The topological polar surface area (TPSA) is 46.1 Å². The average Bonchev–Trinajstić information content (AvgIpc) is 2.79. The lowest BCUT2D eigenvalue weighted by atomic mass is 10.3. The van der Waals surface area contributed by atoms with Crippen molar-refractivity contribution in [3.05, 3.63) is 29.0 Å². The minimum atomic E-state index is 0.627. The summed E-state index contributed by atoms with van der Waals surface area (Å²) in [6, 6.07) is 7.81. The largest absolute Gasteiger partial charge is 0.497 e. The molecular weight excluding hydrogens is 248 g/mol. The highest BCUT2D eigenvalue weighted by atomic mass is 32.1. The van der Waals surface area contributed by atoms with Crippen molar-refractivity contribution in [2.24, 2.45) is 0 Å². The summed E-state index contributed by atoms with van der Waals surface area (Å²) in [5, 5.41) is 7.06. The molecule has 6 heteroatoms. The smallest absolute Gasteiger partial charge is 0.229 e. The van der Waals surface area contributed by atoms with E-state index in [0.29, 0.717) is 4.77 Å². The van der Waals surface area contributed by atoms with Crippen molar-refractivity contribution in [1.82, 2.24) is 14.8 Å². The minimum absolute atomic E-state index is 0.627. The number of hydrogen-bond acceptors (Lipinski definition) is 4. The van der Waals surface area contributed by atoms with Crippen LogP contribution in [-0.4, -0.2) is 28.9 Å². The lowest BCUT2D eigenvalue weighted by Crippen LogP contribution is -2.15. The Morgan fingerprint density at radius 1 is 1.50 bits per heavy atom. The summed E-state index contributed by atoms with van der Waals surface area (Å²) in [6.07, 6.45) is 0. The number of nitrogens with one attached hydrogen (secondary N) is 1. The van der Waals surface area contributed by atoms with Gasteiger partial charge in [-0.25, -0.2) is 5.10 Å². The Balaban J connectivity index is 2.40. The van der Waals surface area contributed by atoms with Gasteiger partial charge in [-0.05, 0) is 31.3 Å². The number of rotatable bonds is 4. The number of aromatic nitrogens is 3. The van der Waals surface area contributed by atoms with Gasteiger partial charge in [0.2, 0.25) is 5.95 Å². The Bertz CT molecular complexity index is 590. The molecule has 1 heterocycles. The number of methoxy groups -OCH3 is 1. The van der Waals surface area contributed by atoms with E-state index < -0.39 is 0 Å². The molecule has 1 aromatic carbocycles. The normalized spacial score (nSPS) is 10.4. The summed E-state index contributed by atoms with van der Waals surface area (Å²) in [5.74, 6) is 1.60. The highest BCUT2D eigenvalue weighted by molar-refractivity contribution is 7.71. The van der Waals surface area contributed by atoms with Gasteiger partial charge in [-0.1, -0.05) is 6.07 Å². The molecule has 18 heavy (non-hydrogen) atoms. The van der Waals surface area contributed by atoms with E-state index >= 15 is 0 Å². The fraction of sp³-hybridized carbons (Fsp3) is 0.333.